The Morgan fingerprint density at radius 1 is 1.10 bits per heavy atom. The molecule has 0 saturated carbocycles. The number of fused-ring (bicyclic) bond motifs is 1. The molecule has 6 heteroatoms. The van der Waals surface area contributed by atoms with E-state index in [1.807, 2.05) is 32.0 Å². The Bertz CT molecular complexity index is 803. The summed E-state index contributed by atoms with van der Waals surface area (Å²) in [5.74, 6) is 1.48. The average Bonchev–Trinajstić information content (AvgIpc) is 2.51. The van der Waals surface area contributed by atoms with Crippen molar-refractivity contribution in [3.05, 3.63) is 40.8 Å². The van der Waals surface area contributed by atoms with Gasteiger partial charge >= 0.3 is 0 Å². The van der Waals surface area contributed by atoms with Gasteiger partial charge in [0.25, 0.3) is 0 Å². The summed E-state index contributed by atoms with van der Waals surface area (Å²) < 4.78 is 0.897. The minimum Gasteiger partial charge on any atom is -0.369 e. The second-order valence-electron chi connectivity index (χ2n) is 4.59. The number of aryl methyl sites for hydroxylation is 1. The highest BCUT2D eigenvalue weighted by atomic mass is 79.9. The molecule has 3 rings (SSSR count). The van der Waals surface area contributed by atoms with Gasteiger partial charge in [0.2, 0.25) is 0 Å². The van der Waals surface area contributed by atoms with E-state index >= 15 is 0 Å². The number of benzene rings is 1. The van der Waals surface area contributed by atoms with Gasteiger partial charge in [0.15, 0.2) is 5.82 Å². The highest BCUT2D eigenvalue weighted by Gasteiger charge is 2.11. The summed E-state index contributed by atoms with van der Waals surface area (Å²) in [4.78, 5) is 17.7. The van der Waals surface area contributed by atoms with Crippen molar-refractivity contribution in [2.45, 2.75) is 13.8 Å². The third kappa shape index (κ3) is 2.71. The quantitative estimate of drug-likeness (QED) is 0.787. The molecule has 21 heavy (non-hydrogen) atoms. The van der Waals surface area contributed by atoms with Gasteiger partial charge in [0.05, 0.1) is 21.2 Å². The van der Waals surface area contributed by atoms with Gasteiger partial charge < -0.3 is 5.32 Å². The lowest BCUT2D eigenvalue weighted by atomic mass is 10.1. The van der Waals surface area contributed by atoms with Crippen LogP contribution in [0.15, 0.2) is 35.1 Å². The normalized spacial score (nSPS) is 10.8. The van der Waals surface area contributed by atoms with Gasteiger partial charge in [0, 0.05) is 24.5 Å². The molecule has 0 spiro atoms. The van der Waals surface area contributed by atoms with Crippen LogP contribution in [0.5, 0.6) is 0 Å². The Kier molecular flexibility index (Phi) is 3.79. The smallest absolute Gasteiger partial charge is 0.161 e. The van der Waals surface area contributed by atoms with Crippen LogP contribution in [0.3, 0.4) is 0 Å². The Labute approximate surface area is 131 Å². The molecule has 1 N–H and O–H groups in total. The predicted molar refractivity (Wildman–Crippen MR) is 87.2 cm³/mol. The zero-order valence-electron chi connectivity index (χ0n) is 11.8. The minimum atomic E-state index is 0.680. The first-order valence-corrected chi connectivity index (χ1v) is 7.47. The third-order valence-electron chi connectivity index (χ3n) is 3.09. The summed E-state index contributed by atoms with van der Waals surface area (Å²) in [7, 11) is 0. The van der Waals surface area contributed by atoms with E-state index in [0.29, 0.717) is 5.82 Å². The largest absolute Gasteiger partial charge is 0.369 e. The molecule has 5 nitrogen and oxygen atoms in total. The fourth-order valence-corrected chi connectivity index (χ4v) is 2.39. The van der Waals surface area contributed by atoms with E-state index in [1.54, 1.807) is 12.4 Å². The van der Waals surface area contributed by atoms with Gasteiger partial charge in [0.1, 0.15) is 5.82 Å². The molecule has 0 atom stereocenters. The molecule has 1 aromatic carbocycles. The van der Waals surface area contributed by atoms with Gasteiger partial charge in [-0.25, -0.2) is 9.97 Å². The van der Waals surface area contributed by atoms with E-state index in [2.05, 4.69) is 41.2 Å². The molecule has 0 aliphatic heterocycles. The number of anilines is 1. The lowest BCUT2D eigenvalue weighted by Gasteiger charge is -2.10. The van der Waals surface area contributed by atoms with Crippen LogP contribution in [0.25, 0.3) is 22.4 Å². The van der Waals surface area contributed by atoms with Crippen molar-refractivity contribution in [3.8, 4) is 11.4 Å². The average molecular weight is 344 g/mol. The number of hydrogen-bond acceptors (Lipinski definition) is 5. The molecule has 106 valence electrons. The van der Waals surface area contributed by atoms with Gasteiger partial charge in [-0.15, -0.1) is 0 Å². The molecule has 0 unspecified atom stereocenters. The molecule has 2 aromatic heterocycles. The molecule has 0 amide bonds. The van der Waals surface area contributed by atoms with Gasteiger partial charge in [-0.05, 0) is 48.0 Å². The van der Waals surface area contributed by atoms with E-state index in [0.717, 1.165) is 39.1 Å². The van der Waals surface area contributed by atoms with E-state index in [4.69, 9.17) is 0 Å². The number of aromatic nitrogens is 4. The highest BCUT2D eigenvalue weighted by Crippen LogP contribution is 2.27. The number of nitrogens with one attached hydrogen (secondary N) is 1. The Balaban J connectivity index is 2.13. The van der Waals surface area contributed by atoms with E-state index in [-0.39, 0.29) is 0 Å². The Morgan fingerprint density at radius 3 is 2.62 bits per heavy atom. The van der Waals surface area contributed by atoms with Crippen LogP contribution in [-0.4, -0.2) is 26.5 Å². The van der Waals surface area contributed by atoms with E-state index < -0.39 is 0 Å². The molecule has 0 aliphatic carbocycles. The Hall–Kier alpha value is -2.08. The maximum Gasteiger partial charge on any atom is 0.161 e. The fourth-order valence-electron chi connectivity index (χ4n) is 2.08. The van der Waals surface area contributed by atoms with Crippen molar-refractivity contribution >= 4 is 32.8 Å². The highest BCUT2D eigenvalue weighted by molar-refractivity contribution is 9.10. The number of nitrogens with zero attached hydrogens (tertiary/aromatic N) is 4. The maximum absolute atomic E-state index is 4.58. The number of halogens is 1. The standard InChI is InChI=1S/C15H14BrN5/c1-3-17-15-13(16)9(2)20-14(21-15)10-4-5-11-12(8-10)19-7-6-18-11/h4-8H,3H2,1-2H3,(H,17,20,21). The zero-order valence-corrected chi connectivity index (χ0v) is 13.3. The van der Waals surface area contributed by atoms with Crippen molar-refractivity contribution in [1.29, 1.82) is 0 Å². The first kappa shape index (κ1) is 13.9. The van der Waals surface area contributed by atoms with Crippen LogP contribution >= 0.6 is 15.9 Å². The van der Waals surface area contributed by atoms with Crippen LogP contribution in [0.4, 0.5) is 5.82 Å². The molecular weight excluding hydrogens is 330 g/mol. The topological polar surface area (TPSA) is 63.6 Å². The van der Waals surface area contributed by atoms with E-state index in [9.17, 15) is 0 Å². The lowest BCUT2D eigenvalue weighted by molar-refractivity contribution is 1.06. The first-order chi connectivity index (χ1) is 10.2. The SMILES string of the molecule is CCNc1nc(-c2ccc3nccnc3c2)nc(C)c1Br. The molecule has 0 aliphatic rings. The molecule has 2 heterocycles. The van der Waals surface area contributed by atoms with Crippen molar-refractivity contribution in [3.63, 3.8) is 0 Å². The fraction of sp³-hybridized carbons (Fsp3) is 0.200. The molecule has 0 radical (unpaired) electrons. The van der Waals surface area contributed by atoms with Crippen molar-refractivity contribution < 1.29 is 0 Å². The molecule has 0 fully saturated rings. The van der Waals surface area contributed by atoms with Gasteiger partial charge in [-0.3, -0.25) is 9.97 Å². The van der Waals surface area contributed by atoms with Crippen LogP contribution < -0.4 is 5.32 Å². The molecular formula is C15H14BrN5. The summed E-state index contributed by atoms with van der Waals surface area (Å²) in [6.07, 6.45) is 3.37. The van der Waals surface area contributed by atoms with Crippen LogP contribution in [0, 0.1) is 6.92 Å². The van der Waals surface area contributed by atoms with Gasteiger partial charge in [-0.1, -0.05) is 0 Å². The van der Waals surface area contributed by atoms with Crippen molar-refractivity contribution in [2.75, 3.05) is 11.9 Å². The number of hydrogen-bond donors (Lipinski definition) is 1. The number of rotatable bonds is 3. The van der Waals surface area contributed by atoms with Crippen molar-refractivity contribution in [1.82, 2.24) is 19.9 Å². The van der Waals surface area contributed by atoms with Crippen LogP contribution in [0.1, 0.15) is 12.6 Å². The molecule has 0 bridgehead atoms. The summed E-state index contributed by atoms with van der Waals surface area (Å²) in [5.41, 5.74) is 3.53. The maximum atomic E-state index is 4.58. The first-order valence-electron chi connectivity index (χ1n) is 6.68. The van der Waals surface area contributed by atoms with Crippen LogP contribution in [0.2, 0.25) is 0 Å². The molecule has 0 saturated heterocycles. The lowest BCUT2D eigenvalue weighted by Crippen LogP contribution is -2.04. The summed E-state index contributed by atoms with van der Waals surface area (Å²) in [5, 5.41) is 3.24. The minimum absolute atomic E-state index is 0.680. The summed E-state index contributed by atoms with van der Waals surface area (Å²) in [6.45, 7) is 4.80. The van der Waals surface area contributed by atoms with Gasteiger partial charge in [-0.2, -0.15) is 0 Å². The third-order valence-corrected chi connectivity index (χ3v) is 4.04. The summed E-state index contributed by atoms with van der Waals surface area (Å²) >= 11 is 3.52. The molecule has 3 aromatic rings. The van der Waals surface area contributed by atoms with Crippen molar-refractivity contribution in [2.24, 2.45) is 0 Å². The predicted octanol–water partition coefficient (Wildman–Crippen LogP) is 3.59. The van der Waals surface area contributed by atoms with E-state index in [1.165, 1.54) is 0 Å². The summed E-state index contributed by atoms with van der Waals surface area (Å²) in [6, 6.07) is 5.86. The zero-order chi connectivity index (χ0) is 14.8. The Morgan fingerprint density at radius 2 is 1.86 bits per heavy atom. The monoisotopic (exact) mass is 343 g/mol. The second kappa shape index (κ2) is 5.73. The van der Waals surface area contributed by atoms with Crippen LogP contribution in [-0.2, 0) is 0 Å². The second-order valence-corrected chi connectivity index (χ2v) is 5.38.